The molecule has 0 N–H and O–H groups in total. The van der Waals surface area contributed by atoms with Gasteiger partial charge < -0.3 is 9.47 Å². The molecule has 6 aliphatic rings. The quantitative estimate of drug-likeness (QED) is 0.622. The number of nitrogens with zero attached hydrogens (tertiary/aromatic N) is 1. The Labute approximate surface area is 161 Å². The molecular weight excluding hydrogens is 370 g/mol. The number of rotatable bonds is 1. The van der Waals surface area contributed by atoms with E-state index >= 15 is 0 Å². The van der Waals surface area contributed by atoms with Crippen LogP contribution in [0.25, 0.3) is 0 Å². The third-order valence-corrected chi connectivity index (χ3v) is 9.47. The minimum Gasteiger partial charge on any atom is -0.331 e. The first-order chi connectivity index (χ1) is 12.7. The lowest BCUT2D eigenvalue weighted by Gasteiger charge is -2.61. The van der Waals surface area contributed by atoms with Gasteiger partial charge in [-0.2, -0.15) is 0 Å². The van der Waals surface area contributed by atoms with Gasteiger partial charge in [-0.15, -0.1) is 0 Å². The molecule has 0 amide bonds. The summed E-state index contributed by atoms with van der Waals surface area (Å²) in [5.74, 6) is 1.05. The molecule has 0 radical (unpaired) electrons. The molecule has 1 aliphatic carbocycles. The second kappa shape index (κ2) is 6.12. The van der Waals surface area contributed by atoms with E-state index in [9.17, 15) is 8.42 Å². The molecule has 1 spiro atoms. The molecule has 5 saturated heterocycles. The van der Waals surface area contributed by atoms with Crippen molar-refractivity contribution < 1.29 is 27.7 Å². The van der Waals surface area contributed by atoms with Crippen molar-refractivity contribution in [1.29, 1.82) is 0 Å². The Morgan fingerprint density at radius 2 is 1.74 bits per heavy atom. The molecule has 27 heavy (non-hydrogen) atoms. The number of sulfone groups is 1. The van der Waals surface area contributed by atoms with E-state index < -0.39 is 27.5 Å². The predicted octanol–water partition coefficient (Wildman–Crippen LogP) is 1.92. The molecule has 0 aromatic carbocycles. The number of fused-ring (bicyclic) bond motifs is 2. The smallest absolute Gasteiger partial charge is 0.201 e. The normalized spacial score (nSPS) is 54.9. The average Bonchev–Trinajstić information content (AvgIpc) is 2.85. The maximum Gasteiger partial charge on any atom is 0.201 e. The molecule has 2 bridgehead atoms. The highest BCUT2D eigenvalue weighted by Crippen LogP contribution is 2.60. The minimum atomic E-state index is -2.92. The summed E-state index contributed by atoms with van der Waals surface area (Å²) < 4.78 is 36.7. The van der Waals surface area contributed by atoms with Crippen molar-refractivity contribution in [1.82, 2.24) is 4.90 Å². The Hall–Kier alpha value is -0.250. The van der Waals surface area contributed by atoms with Crippen LogP contribution in [0.3, 0.4) is 0 Å². The molecular formula is C19H31NO6S. The molecule has 5 aliphatic heterocycles. The average molecular weight is 402 g/mol. The van der Waals surface area contributed by atoms with Crippen LogP contribution in [-0.4, -0.2) is 61.8 Å². The van der Waals surface area contributed by atoms with Gasteiger partial charge in [0.1, 0.15) is 6.23 Å². The molecule has 8 atom stereocenters. The lowest BCUT2D eigenvalue weighted by Crippen LogP contribution is -2.72. The van der Waals surface area contributed by atoms with Crippen LogP contribution >= 0.6 is 0 Å². The van der Waals surface area contributed by atoms with Gasteiger partial charge in [-0.25, -0.2) is 18.2 Å². The van der Waals surface area contributed by atoms with Crippen molar-refractivity contribution in [2.75, 3.05) is 24.6 Å². The molecule has 4 unspecified atom stereocenters. The SMILES string of the molecule is CC1CCC2[C@@H](C)[C@H](N3CCS(=O)(=O)CC3)OC3O[C@]4(C)CC[C@@H]1C32OO4. The zero-order valence-corrected chi connectivity index (χ0v) is 17.2. The van der Waals surface area contributed by atoms with Crippen LogP contribution in [0.5, 0.6) is 0 Å². The van der Waals surface area contributed by atoms with E-state index in [-0.39, 0.29) is 29.6 Å². The van der Waals surface area contributed by atoms with Crippen LogP contribution in [0.2, 0.25) is 0 Å². The summed E-state index contributed by atoms with van der Waals surface area (Å²) in [6.45, 7) is 7.51. The van der Waals surface area contributed by atoms with Crippen molar-refractivity contribution in [3.8, 4) is 0 Å². The summed E-state index contributed by atoms with van der Waals surface area (Å²) in [5.41, 5.74) is -0.550. The topological polar surface area (TPSA) is 74.3 Å². The molecule has 8 heteroatoms. The van der Waals surface area contributed by atoms with Gasteiger partial charge in [-0.1, -0.05) is 13.8 Å². The van der Waals surface area contributed by atoms with Crippen molar-refractivity contribution in [3.05, 3.63) is 0 Å². The maximum atomic E-state index is 11.9. The van der Waals surface area contributed by atoms with E-state index in [1.54, 1.807) is 0 Å². The summed E-state index contributed by atoms with van der Waals surface area (Å²) in [7, 11) is -2.92. The van der Waals surface area contributed by atoms with Crippen LogP contribution in [0.4, 0.5) is 0 Å². The standard InChI is InChI=1S/C19H31NO6S/c1-12-4-5-15-13(2)16(20-8-10-27(21,22)11-9-20)23-17-19(15)14(12)6-7-18(3,24-17)25-26-19/h12-17H,4-11H2,1-3H3/t12?,13-,14+,15?,16-,17?,18+,19?/m1/s1. The van der Waals surface area contributed by atoms with Crippen LogP contribution in [0, 0.1) is 23.7 Å². The minimum absolute atomic E-state index is 0.137. The number of hydrogen-bond acceptors (Lipinski definition) is 7. The van der Waals surface area contributed by atoms with E-state index in [0.29, 0.717) is 24.9 Å². The van der Waals surface area contributed by atoms with Crippen molar-refractivity contribution in [3.63, 3.8) is 0 Å². The summed E-state index contributed by atoms with van der Waals surface area (Å²) in [5, 5.41) is 0. The van der Waals surface area contributed by atoms with Crippen molar-refractivity contribution in [2.24, 2.45) is 23.7 Å². The Morgan fingerprint density at radius 3 is 2.48 bits per heavy atom. The number of hydrogen-bond donors (Lipinski definition) is 0. The zero-order valence-electron chi connectivity index (χ0n) is 16.4. The van der Waals surface area contributed by atoms with Crippen molar-refractivity contribution >= 4 is 9.84 Å². The predicted molar refractivity (Wildman–Crippen MR) is 97.1 cm³/mol. The van der Waals surface area contributed by atoms with Crippen molar-refractivity contribution in [2.45, 2.75) is 70.4 Å². The van der Waals surface area contributed by atoms with Gasteiger partial charge in [0.2, 0.25) is 5.79 Å². The van der Waals surface area contributed by atoms with E-state index in [1.165, 1.54) is 6.42 Å². The highest BCUT2D eigenvalue weighted by Gasteiger charge is 2.69. The Kier molecular flexibility index (Phi) is 4.25. The first kappa shape index (κ1) is 18.8. The van der Waals surface area contributed by atoms with E-state index in [2.05, 4.69) is 18.7 Å². The lowest BCUT2D eigenvalue weighted by molar-refractivity contribution is -0.574. The molecule has 6 rings (SSSR count). The fourth-order valence-electron chi connectivity index (χ4n) is 6.29. The Bertz CT molecular complexity index is 701. The molecule has 1 saturated carbocycles. The van der Waals surface area contributed by atoms with Gasteiger partial charge in [0.15, 0.2) is 21.7 Å². The highest BCUT2D eigenvalue weighted by molar-refractivity contribution is 7.91. The summed E-state index contributed by atoms with van der Waals surface area (Å²) in [6, 6.07) is 0. The molecule has 6 fully saturated rings. The fourth-order valence-corrected chi connectivity index (χ4v) is 7.51. The van der Waals surface area contributed by atoms with Gasteiger partial charge in [0.05, 0.1) is 11.5 Å². The van der Waals surface area contributed by atoms with Crippen LogP contribution in [-0.2, 0) is 29.1 Å². The van der Waals surface area contributed by atoms with E-state index in [4.69, 9.17) is 19.2 Å². The monoisotopic (exact) mass is 401 g/mol. The second-order valence-electron chi connectivity index (χ2n) is 9.48. The van der Waals surface area contributed by atoms with E-state index in [0.717, 1.165) is 19.3 Å². The van der Waals surface area contributed by atoms with Gasteiger partial charge in [-0.3, -0.25) is 4.90 Å². The van der Waals surface area contributed by atoms with Crippen LogP contribution in [0.15, 0.2) is 0 Å². The highest BCUT2D eigenvalue weighted by atomic mass is 32.2. The third kappa shape index (κ3) is 2.74. The Morgan fingerprint density at radius 1 is 1.00 bits per heavy atom. The molecule has 7 nitrogen and oxygen atoms in total. The fraction of sp³-hybridized carbons (Fsp3) is 1.00. The number of ether oxygens (including phenoxy) is 2. The van der Waals surface area contributed by atoms with Gasteiger partial charge in [-0.05, 0) is 38.0 Å². The Balaban J connectivity index is 1.48. The largest absolute Gasteiger partial charge is 0.331 e. The molecule has 5 heterocycles. The van der Waals surface area contributed by atoms with Gasteiger partial charge in [0, 0.05) is 31.3 Å². The second-order valence-corrected chi connectivity index (χ2v) is 11.8. The first-order valence-corrected chi connectivity index (χ1v) is 12.2. The summed E-state index contributed by atoms with van der Waals surface area (Å²) in [6.07, 6.45) is 3.46. The maximum absolute atomic E-state index is 11.9. The van der Waals surface area contributed by atoms with Gasteiger partial charge >= 0.3 is 0 Å². The lowest BCUT2D eigenvalue weighted by atomic mass is 9.58. The summed E-state index contributed by atoms with van der Waals surface area (Å²) in [4.78, 5) is 14.2. The summed E-state index contributed by atoms with van der Waals surface area (Å²) >= 11 is 0. The first-order valence-electron chi connectivity index (χ1n) is 10.4. The zero-order chi connectivity index (χ0) is 19.0. The van der Waals surface area contributed by atoms with E-state index in [1.807, 2.05) is 6.92 Å². The van der Waals surface area contributed by atoms with Crippen LogP contribution in [0.1, 0.15) is 46.5 Å². The molecule has 0 aromatic heterocycles. The van der Waals surface area contributed by atoms with Crippen LogP contribution < -0.4 is 0 Å². The third-order valence-electron chi connectivity index (χ3n) is 7.86. The molecule has 154 valence electrons. The molecule has 0 aromatic rings. The van der Waals surface area contributed by atoms with Gasteiger partial charge in [0.25, 0.3) is 0 Å².